The van der Waals surface area contributed by atoms with Crippen molar-refractivity contribution < 1.29 is 9.90 Å². The molecule has 0 aromatic heterocycles. The minimum absolute atomic E-state index is 0.0830. The van der Waals surface area contributed by atoms with Crippen LogP contribution in [-0.2, 0) is 6.54 Å². The second-order valence-electron chi connectivity index (χ2n) is 3.40. The van der Waals surface area contributed by atoms with E-state index in [2.05, 4.69) is 0 Å². The number of aromatic hydroxyl groups is 1. The van der Waals surface area contributed by atoms with Gasteiger partial charge in [-0.15, -0.1) is 0 Å². The number of Topliss-reactive ketones (excluding diaryl/α,β-unsaturated/α-hetero) is 1. The molecule has 3 heteroatoms. The molecular weight excluding hydrogens is 166 g/mol. The summed E-state index contributed by atoms with van der Waals surface area (Å²) in [5.41, 5.74) is 1.42. The minimum atomic E-state index is 0.0830. The van der Waals surface area contributed by atoms with E-state index in [9.17, 15) is 9.90 Å². The van der Waals surface area contributed by atoms with Crippen LogP contribution < -0.4 is 0 Å². The van der Waals surface area contributed by atoms with Gasteiger partial charge in [0.25, 0.3) is 0 Å². The normalized spacial score (nSPS) is 17.2. The van der Waals surface area contributed by atoms with Crippen LogP contribution in [-0.4, -0.2) is 29.4 Å². The highest BCUT2D eigenvalue weighted by molar-refractivity contribution is 6.00. The highest BCUT2D eigenvalue weighted by Gasteiger charge is 2.22. The summed E-state index contributed by atoms with van der Waals surface area (Å²) in [4.78, 5) is 13.4. The van der Waals surface area contributed by atoms with Crippen LogP contribution in [0.25, 0.3) is 0 Å². The number of carbonyl (C=O) groups excluding carboxylic acids is 1. The van der Waals surface area contributed by atoms with Crippen molar-refractivity contribution in [2.24, 2.45) is 0 Å². The molecule has 0 atom stereocenters. The van der Waals surface area contributed by atoms with Crippen molar-refractivity contribution in [2.75, 3.05) is 13.6 Å². The van der Waals surface area contributed by atoms with Gasteiger partial charge in [-0.05, 0) is 13.1 Å². The Morgan fingerprint density at radius 1 is 1.38 bits per heavy atom. The highest BCUT2D eigenvalue weighted by atomic mass is 16.3. The van der Waals surface area contributed by atoms with E-state index in [1.807, 2.05) is 11.9 Å². The fraction of sp³-hybridized carbons (Fsp3) is 0.300. The van der Waals surface area contributed by atoms with Crippen LogP contribution in [0, 0.1) is 0 Å². The number of phenols is 1. The number of carbonyl (C=O) groups is 1. The van der Waals surface area contributed by atoms with Gasteiger partial charge >= 0.3 is 0 Å². The molecule has 0 unspecified atom stereocenters. The predicted molar refractivity (Wildman–Crippen MR) is 48.8 cm³/mol. The lowest BCUT2D eigenvalue weighted by molar-refractivity contribution is 0.0921. The van der Waals surface area contributed by atoms with Gasteiger partial charge in [0.05, 0.1) is 6.54 Å². The summed E-state index contributed by atoms with van der Waals surface area (Å²) in [6, 6.07) is 5.09. The summed E-state index contributed by atoms with van der Waals surface area (Å²) in [5, 5.41) is 9.51. The smallest absolute Gasteiger partial charge is 0.177 e. The average molecular weight is 177 g/mol. The number of fused-ring (bicyclic) bond motifs is 1. The molecule has 68 valence electrons. The Kier molecular flexibility index (Phi) is 1.81. The van der Waals surface area contributed by atoms with E-state index in [4.69, 9.17) is 0 Å². The second kappa shape index (κ2) is 2.85. The number of hydrogen-bond donors (Lipinski definition) is 1. The van der Waals surface area contributed by atoms with Gasteiger partial charge in [0.2, 0.25) is 0 Å². The first-order valence-electron chi connectivity index (χ1n) is 4.21. The number of rotatable bonds is 0. The summed E-state index contributed by atoms with van der Waals surface area (Å²) in [6.45, 7) is 1.09. The van der Waals surface area contributed by atoms with Gasteiger partial charge in [0, 0.05) is 17.7 Å². The number of likely N-dealkylation sites (N-methyl/N-ethyl adjacent to an activating group) is 1. The molecule has 1 aromatic rings. The van der Waals surface area contributed by atoms with Crippen molar-refractivity contribution >= 4 is 5.78 Å². The fourth-order valence-electron chi connectivity index (χ4n) is 1.66. The monoisotopic (exact) mass is 177 g/mol. The first-order valence-corrected chi connectivity index (χ1v) is 4.21. The number of nitrogens with zero attached hydrogens (tertiary/aromatic N) is 1. The Hall–Kier alpha value is -1.35. The van der Waals surface area contributed by atoms with E-state index in [0.29, 0.717) is 18.7 Å². The van der Waals surface area contributed by atoms with Gasteiger partial charge in [0.15, 0.2) is 5.78 Å². The number of phenolic OH excluding ortho intramolecular Hbond substituents is 1. The summed E-state index contributed by atoms with van der Waals surface area (Å²) in [7, 11) is 1.87. The van der Waals surface area contributed by atoms with Crippen molar-refractivity contribution in [1.82, 2.24) is 4.90 Å². The quantitative estimate of drug-likeness (QED) is 0.643. The molecular formula is C10H11NO2. The maximum atomic E-state index is 11.5. The third kappa shape index (κ3) is 1.31. The maximum absolute atomic E-state index is 11.5. The third-order valence-corrected chi connectivity index (χ3v) is 2.29. The molecule has 2 rings (SSSR count). The number of benzene rings is 1. The minimum Gasteiger partial charge on any atom is -0.508 e. The Bertz CT molecular complexity index is 360. The van der Waals surface area contributed by atoms with Crippen molar-refractivity contribution in [3.05, 3.63) is 29.3 Å². The molecule has 0 fully saturated rings. The van der Waals surface area contributed by atoms with Gasteiger partial charge in [-0.2, -0.15) is 0 Å². The number of hydrogen-bond acceptors (Lipinski definition) is 3. The van der Waals surface area contributed by atoms with Crippen molar-refractivity contribution in [3.63, 3.8) is 0 Å². The maximum Gasteiger partial charge on any atom is 0.177 e. The third-order valence-electron chi connectivity index (χ3n) is 2.29. The summed E-state index contributed by atoms with van der Waals surface area (Å²) in [5.74, 6) is 0.303. The van der Waals surface area contributed by atoms with E-state index < -0.39 is 0 Å². The van der Waals surface area contributed by atoms with Gasteiger partial charge in [-0.25, -0.2) is 0 Å². The molecule has 0 spiro atoms. The Morgan fingerprint density at radius 2 is 2.15 bits per heavy atom. The van der Waals surface area contributed by atoms with Crippen LogP contribution in [0.1, 0.15) is 15.9 Å². The van der Waals surface area contributed by atoms with Gasteiger partial charge in [-0.1, -0.05) is 12.1 Å². The van der Waals surface area contributed by atoms with E-state index in [0.717, 1.165) is 5.56 Å². The molecule has 1 aliphatic rings. The van der Waals surface area contributed by atoms with Crippen molar-refractivity contribution in [1.29, 1.82) is 0 Å². The molecule has 1 aromatic carbocycles. The van der Waals surface area contributed by atoms with Crippen LogP contribution in [0.15, 0.2) is 18.2 Å². The fourth-order valence-corrected chi connectivity index (χ4v) is 1.66. The first kappa shape index (κ1) is 8.26. The lowest BCUT2D eigenvalue weighted by Crippen LogP contribution is -2.31. The van der Waals surface area contributed by atoms with Crippen molar-refractivity contribution in [3.8, 4) is 5.75 Å². The predicted octanol–water partition coefficient (Wildman–Crippen LogP) is 1.02. The SMILES string of the molecule is CN1CC(=O)c2cccc(O)c2C1. The van der Waals surface area contributed by atoms with E-state index in [1.54, 1.807) is 18.2 Å². The molecule has 0 aliphatic carbocycles. The van der Waals surface area contributed by atoms with Crippen molar-refractivity contribution in [2.45, 2.75) is 6.54 Å². The molecule has 1 N–H and O–H groups in total. The van der Waals surface area contributed by atoms with Crippen LogP contribution in [0.4, 0.5) is 0 Å². The molecule has 1 aliphatic heterocycles. The van der Waals surface area contributed by atoms with E-state index in [1.165, 1.54) is 0 Å². The summed E-state index contributed by atoms with van der Waals surface area (Å²) < 4.78 is 0. The van der Waals surface area contributed by atoms with Gasteiger partial charge in [-0.3, -0.25) is 9.69 Å². The van der Waals surface area contributed by atoms with Crippen LogP contribution in [0.5, 0.6) is 5.75 Å². The van der Waals surface area contributed by atoms with Crippen LogP contribution >= 0.6 is 0 Å². The zero-order chi connectivity index (χ0) is 9.42. The summed E-state index contributed by atoms with van der Waals surface area (Å²) >= 11 is 0. The topological polar surface area (TPSA) is 40.5 Å². The Morgan fingerprint density at radius 3 is 2.92 bits per heavy atom. The zero-order valence-corrected chi connectivity index (χ0v) is 7.45. The first-order chi connectivity index (χ1) is 6.18. The lowest BCUT2D eigenvalue weighted by atomic mass is 9.98. The molecule has 0 amide bonds. The second-order valence-corrected chi connectivity index (χ2v) is 3.40. The number of ketones is 1. The Labute approximate surface area is 76.6 Å². The van der Waals surface area contributed by atoms with Gasteiger partial charge < -0.3 is 5.11 Å². The van der Waals surface area contributed by atoms with Crippen LogP contribution in [0.2, 0.25) is 0 Å². The molecule has 0 saturated carbocycles. The van der Waals surface area contributed by atoms with E-state index in [-0.39, 0.29) is 11.5 Å². The molecule has 0 saturated heterocycles. The summed E-state index contributed by atoms with van der Waals surface area (Å²) in [6.07, 6.45) is 0. The highest BCUT2D eigenvalue weighted by Crippen LogP contribution is 2.25. The average Bonchev–Trinajstić information content (AvgIpc) is 2.07. The lowest BCUT2D eigenvalue weighted by Gasteiger charge is -2.24. The molecule has 13 heavy (non-hydrogen) atoms. The zero-order valence-electron chi connectivity index (χ0n) is 7.45. The largest absolute Gasteiger partial charge is 0.508 e. The van der Waals surface area contributed by atoms with E-state index >= 15 is 0 Å². The molecule has 0 bridgehead atoms. The van der Waals surface area contributed by atoms with Gasteiger partial charge in [0.1, 0.15) is 5.75 Å². The molecule has 1 heterocycles. The standard InChI is InChI=1S/C10H11NO2/c1-11-5-8-7(10(13)6-11)3-2-4-9(8)12/h2-4,12H,5-6H2,1H3. The Balaban J connectivity index is 2.55. The molecule has 0 radical (unpaired) electrons. The van der Waals surface area contributed by atoms with Crippen LogP contribution in [0.3, 0.4) is 0 Å². The molecule has 3 nitrogen and oxygen atoms in total.